The van der Waals surface area contributed by atoms with Crippen LogP contribution in [0.3, 0.4) is 0 Å². The molecule has 0 aliphatic heterocycles. The zero-order chi connectivity index (χ0) is 28.2. The van der Waals surface area contributed by atoms with Crippen LogP contribution in [-0.4, -0.2) is 36.6 Å². The van der Waals surface area contributed by atoms with Crippen LogP contribution in [-0.2, 0) is 14.8 Å². The molecule has 39 heavy (non-hydrogen) atoms. The molecule has 0 aliphatic carbocycles. The number of carbonyl (C=O) groups excluding carboxylic acids is 1. The van der Waals surface area contributed by atoms with Crippen molar-refractivity contribution in [1.29, 1.82) is 0 Å². The van der Waals surface area contributed by atoms with Gasteiger partial charge >= 0.3 is 0 Å². The minimum absolute atomic E-state index is 0.0342. The predicted molar refractivity (Wildman–Crippen MR) is 150 cm³/mol. The number of hydrogen-bond donors (Lipinski definition) is 1. The lowest BCUT2D eigenvalue weighted by Crippen LogP contribution is -2.39. The monoisotopic (exact) mass is 565 g/mol. The van der Waals surface area contributed by atoms with Crippen LogP contribution in [0.15, 0.2) is 94.9 Å². The summed E-state index contributed by atoms with van der Waals surface area (Å²) in [4.78, 5) is 23.2. The van der Waals surface area contributed by atoms with Gasteiger partial charge in [0.15, 0.2) is 0 Å². The van der Waals surface area contributed by atoms with Gasteiger partial charge in [0.2, 0.25) is 0 Å². The Labute approximate surface area is 230 Å². The summed E-state index contributed by atoms with van der Waals surface area (Å²) in [5.74, 6) is -0.701. The quantitative estimate of drug-likeness (QED) is 0.173. The van der Waals surface area contributed by atoms with Crippen molar-refractivity contribution >= 4 is 45.1 Å². The molecule has 10 nitrogen and oxygen atoms in total. The van der Waals surface area contributed by atoms with E-state index in [-0.39, 0.29) is 16.3 Å². The number of sulfonamides is 1. The van der Waals surface area contributed by atoms with Gasteiger partial charge in [0.1, 0.15) is 6.54 Å². The maximum Gasteiger partial charge on any atom is 0.269 e. The van der Waals surface area contributed by atoms with Crippen LogP contribution in [0.1, 0.15) is 17.0 Å². The van der Waals surface area contributed by atoms with E-state index in [4.69, 9.17) is 11.6 Å². The fraction of sp³-hybridized carbons (Fsp3) is 0.111. The molecule has 200 valence electrons. The Kier molecular flexibility index (Phi) is 8.12. The Hall–Kier alpha value is -4.48. The summed E-state index contributed by atoms with van der Waals surface area (Å²) < 4.78 is 29.6. The third-order valence-electron chi connectivity index (χ3n) is 5.90. The number of nitrogens with zero attached hydrogens (tertiary/aromatic N) is 4. The molecule has 0 radical (unpaired) electrons. The number of halogens is 1. The smallest absolute Gasteiger partial charge is 0.269 e. The van der Waals surface area contributed by atoms with Gasteiger partial charge in [-0.05, 0) is 62.4 Å². The summed E-state index contributed by atoms with van der Waals surface area (Å²) in [6.07, 6.45) is 1.48. The third kappa shape index (κ3) is 6.16. The van der Waals surface area contributed by atoms with Crippen LogP contribution in [0.2, 0.25) is 5.02 Å². The number of benzene rings is 3. The summed E-state index contributed by atoms with van der Waals surface area (Å²) in [5.41, 5.74) is 5.69. The number of non-ortho nitro benzene ring substituents is 1. The van der Waals surface area contributed by atoms with Gasteiger partial charge in [-0.1, -0.05) is 35.9 Å². The van der Waals surface area contributed by atoms with Crippen molar-refractivity contribution in [3.63, 3.8) is 0 Å². The van der Waals surface area contributed by atoms with Gasteiger partial charge in [0, 0.05) is 39.8 Å². The highest BCUT2D eigenvalue weighted by Gasteiger charge is 2.27. The Bertz CT molecular complexity index is 1650. The number of amides is 1. The molecule has 0 aliphatic rings. The molecule has 0 saturated heterocycles. The summed E-state index contributed by atoms with van der Waals surface area (Å²) >= 11 is 6.14. The first kappa shape index (κ1) is 27.6. The van der Waals surface area contributed by atoms with Crippen molar-refractivity contribution in [3.05, 3.63) is 117 Å². The van der Waals surface area contributed by atoms with Crippen molar-refractivity contribution < 1.29 is 18.1 Å². The number of nitrogens with one attached hydrogen (secondary N) is 1. The lowest BCUT2D eigenvalue weighted by atomic mass is 10.2. The van der Waals surface area contributed by atoms with E-state index in [0.717, 1.165) is 26.9 Å². The first-order valence-electron chi connectivity index (χ1n) is 11.7. The predicted octanol–water partition coefficient (Wildman–Crippen LogP) is 5.00. The van der Waals surface area contributed by atoms with E-state index in [1.54, 1.807) is 24.3 Å². The molecule has 4 aromatic rings. The van der Waals surface area contributed by atoms with Crippen molar-refractivity contribution in [2.75, 3.05) is 10.8 Å². The van der Waals surface area contributed by atoms with E-state index in [1.165, 1.54) is 42.6 Å². The first-order chi connectivity index (χ1) is 18.6. The van der Waals surface area contributed by atoms with Crippen LogP contribution in [0.4, 0.5) is 11.4 Å². The number of carbonyl (C=O) groups is 1. The highest BCUT2D eigenvalue weighted by atomic mass is 35.5. The number of rotatable bonds is 9. The van der Waals surface area contributed by atoms with E-state index in [2.05, 4.69) is 10.5 Å². The molecule has 1 amide bonds. The Morgan fingerprint density at radius 1 is 1.05 bits per heavy atom. The highest BCUT2D eigenvalue weighted by molar-refractivity contribution is 7.92. The van der Waals surface area contributed by atoms with E-state index >= 15 is 0 Å². The molecule has 0 atom stereocenters. The maximum absolute atomic E-state index is 13.4. The van der Waals surface area contributed by atoms with Crippen molar-refractivity contribution in [3.8, 4) is 5.69 Å². The molecule has 1 heterocycles. The lowest BCUT2D eigenvalue weighted by Gasteiger charge is -2.23. The summed E-state index contributed by atoms with van der Waals surface area (Å²) in [6.45, 7) is 3.23. The normalized spacial score (nSPS) is 11.5. The van der Waals surface area contributed by atoms with Gasteiger partial charge < -0.3 is 4.57 Å². The molecule has 0 spiro atoms. The van der Waals surface area contributed by atoms with Crippen LogP contribution in [0.5, 0.6) is 0 Å². The number of aromatic nitrogens is 1. The summed E-state index contributed by atoms with van der Waals surface area (Å²) in [7, 11) is -4.17. The van der Waals surface area contributed by atoms with Gasteiger partial charge in [-0.3, -0.25) is 19.2 Å². The minimum Gasteiger partial charge on any atom is -0.318 e. The molecular formula is C27H24ClN5O5S. The molecule has 0 unspecified atom stereocenters. The lowest BCUT2D eigenvalue weighted by molar-refractivity contribution is -0.384. The van der Waals surface area contributed by atoms with E-state index in [0.29, 0.717) is 5.02 Å². The largest absolute Gasteiger partial charge is 0.318 e. The molecular weight excluding hydrogens is 542 g/mol. The number of nitro groups is 1. The fourth-order valence-corrected chi connectivity index (χ4v) is 5.67. The molecule has 0 bridgehead atoms. The Morgan fingerprint density at radius 3 is 2.38 bits per heavy atom. The Balaban J connectivity index is 1.56. The van der Waals surface area contributed by atoms with Crippen molar-refractivity contribution in [2.24, 2.45) is 5.10 Å². The zero-order valence-corrected chi connectivity index (χ0v) is 22.6. The third-order valence-corrected chi connectivity index (χ3v) is 7.92. The maximum atomic E-state index is 13.4. The van der Waals surface area contributed by atoms with Crippen LogP contribution in [0.25, 0.3) is 5.69 Å². The van der Waals surface area contributed by atoms with E-state index in [9.17, 15) is 23.3 Å². The second kappa shape index (κ2) is 11.5. The molecule has 4 rings (SSSR count). The van der Waals surface area contributed by atoms with Gasteiger partial charge in [0.25, 0.3) is 21.6 Å². The number of hydrogen-bond acceptors (Lipinski definition) is 6. The number of nitro benzene ring substituents is 1. The Morgan fingerprint density at radius 2 is 1.74 bits per heavy atom. The van der Waals surface area contributed by atoms with Crippen molar-refractivity contribution in [1.82, 2.24) is 9.99 Å². The number of aryl methyl sites for hydroxylation is 1. The fourth-order valence-electron chi connectivity index (χ4n) is 4.05. The first-order valence-corrected chi connectivity index (χ1v) is 13.5. The molecule has 0 fully saturated rings. The molecule has 12 heteroatoms. The van der Waals surface area contributed by atoms with Crippen LogP contribution < -0.4 is 9.73 Å². The molecule has 1 N–H and O–H groups in total. The average Bonchev–Trinajstić information content (AvgIpc) is 3.20. The summed E-state index contributed by atoms with van der Waals surface area (Å²) in [5, 5.41) is 15.7. The highest BCUT2D eigenvalue weighted by Crippen LogP contribution is 2.26. The second-order valence-corrected chi connectivity index (χ2v) is 10.8. The SMILES string of the molecule is Cc1cc(/C=N/NC(=O)CN(c2ccc([N+](=O)[O-])cc2)S(=O)(=O)c2ccccc2)c(C)n1-c1cccc(Cl)c1. The van der Waals surface area contributed by atoms with Gasteiger partial charge in [0.05, 0.1) is 21.7 Å². The van der Waals surface area contributed by atoms with Crippen molar-refractivity contribution in [2.45, 2.75) is 18.7 Å². The van der Waals surface area contributed by atoms with Crippen LogP contribution >= 0.6 is 11.6 Å². The van der Waals surface area contributed by atoms with Gasteiger partial charge in [-0.2, -0.15) is 5.10 Å². The topological polar surface area (TPSA) is 127 Å². The van der Waals surface area contributed by atoms with E-state index in [1.807, 2.05) is 42.7 Å². The summed E-state index contributed by atoms with van der Waals surface area (Å²) in [6, 6.07) is 21.8. The number of hydrazone groups is 1. The molecule has 1 aromatic heterocycles. The number of anilines is 1. The van der Waals surface area contributed by atoms with Gasteiger partial charge in [-0.25, -0.2) is 13.8 Å². The minimum atomic E-state index is -4.17. The van der Waals surface area contributed by atoms with E-state index < -0.39 is 27.4 Å². The molecule has 0 saturated carbocycles. The average molecular weight is 566 g/mol. The zero-order valence-electron chi connectivity index (χ0n) is 21.0. The van der Waals surface area contributed by atoms with Gasteiger partial charge in [-0.15, -0.1) is 0 Å². The standard InChI is InChI=1S/C27H24ClN5O5S/c1-19-15-21(20(2)32(19)25-8-6-7-22(28)16-25)17-29-30-27(34)18-31(23-11-13-24(14-12-23)33(35)36)39(37,38)26-9-4-3-5-10-26/h3-17H,18H2,1-2H3,(H,30,34)/b29-17+. The van der Waals surface area contributed by atoms with Crippen LogP contribution in [0, 0.1) is 24.0 Å². The second-order valence-electron chi connectivity index (χ2n) is 8.53. The molecule has 3 aromatic carbocycles.